The van der Waals surface area contributed by atoms with Gasteiger partial charge in [0.1, 0.15) is 0 Å². The first-order valence-corrected chi connectivity index (χ1v) is 9.27. The first-order valence-electron chi connectivity index (χ1n) is 7.56. The first-order chi connectivity index (χ1) is 9.56. The monoisotopic (exact) mass is 293 g/mol. The molecule has 0 aromatic heterocycles. The highest BCUT2D eigenvalue weighted by Crippen LogP contribution is 2.37. The minimum atomic E-state index is -2.97. The van der Waals surface area contributed by atoms with Crippen molar-refractivity contribution in [1.82, 2.24) is 5.32 Å². The Morgan fingerprint density at radius 1 is 1.15 bits per heavy atom. The van der Waals surface area contributed by atoms with E-state index in [-0.39, 0.29) is 17.2 Å². The molecule has 0 spiro atoms. The molecule has 1 heterocycles. The second-order valence-corrected chi connectivity index (χ2v) is 8.67. The molecular weight excluding hydrogens is 270 g/mol. The minimum Gasteiger partial charge on any atom is -0.312 e. The SMILES string of the molecule is CC1CNC2CCC(c3ccccc3)CC2S(=O)(=O)C1. The van der Waals surface area contributed by atoms with Crippen LogP contribution in [0, 0.1) is 5.92 Å². The van der Waals surface area contributed by atoms with Gasteiger partial charge in [-0.05, 0) is 43.2 Å². The van der Waals surface area contributed by atoms with E-state index in [0.29, 0.717) is 11.7 Å². The molecule has 2 aliphatic rings. The zero-order valence-corrected chi connectivity index (χ0v) is 12.8. The lowest BCUT2D eigenvalue weighted by Gasteiger charge is -2.35. The Morgan fingerprint density at radius 3 is 2.65 bits per heavy atom. The molecule has 3 nitrogen and oxygen atoms in total. The molecule has 0 amide bonds. The minimum absolute atomic E-state index is 0.157. The molecule has 1 aromatic rings. The summed E-state index contributed by atoms with van der Waals surface area (Å²) in [7, 11) is -2.97. The molecule has 20 heavy (non-hydrogen) atoms. The van der Waals surface area contributed by atoms with Crippen molar-refractivity contribution in [1.29, 1.82) is 0 Å². The van der Waals surface area contributed by atoms with Crippen molar-refractivity contribution in [2.75, 3.05) is 12.3 Å². The van der Waals surface area contributed by atoms with Crippen LogP contribution in [0.1, 0.15) is 37.7 Å². The van der Waals surface area contributed by atoms with E-state index in [0.717, 1.165) is 25.8 Å². The summed E-state index contributed by atoms with van der Waals surface area (Å²) in [5.74, 6) is 0.950. The van der Waals surface area contributed by atoms with E-state index in [1.54, 1.807) is 0 Å². The fourth-order valence-corrected chi connectivity index (χ4v) is 6.14. The number of fused-ring (bicyclic) bond motifs is 1. The normalized spacial score (nSPS) is 36.9. The van der Waals surface area contributed by atoms with Crippen molar-refractivity contribution in [2.24, 2.45) is 5.92 Å². The molecule has 3 rings (SSSR count). The van der Waals surface area contributed by atoms with Gasteiger partial charge in [0.15, 0.2) is 9.84 Å². The summed E-state index contributed by atoms with van der Waals surface area (Å²) in [6.45, 7) is 2.85. The third-order valence-electron chi connectivity index (χ3n) is 4.77. The molecule has 4 atom stereocenters. The number of hydrogen-bond acceptors (Lipinski definition) is 3. The van der Waals surface area contributed by atoms with Gasteiger partial charge in [-0.1, -0.05) is 37.3 Å². The summed E-state index contributed by atoms with van der Waals surface area (Å²) in [6.07, 6.45) is 2.83. The molecule has 1 N–H and O–H groups in total. The molecule has 1 aliphatic carbocycles. The van der Waals surface area contributed by atoms with Crippen LogP contribution >= 0.6 is 0 Å². The van der Waals surface area contributed by atoms with Gasteiger partial charge in [-0.25, -0.2) is 8.42 Å². The molecule has 110 valence electrons. The van der Waals surface area contributed by atoms with Crippen molar-refractivity contribution in [2.45, 2.75) is 43.4 Å². The molecule has 1 saturated heterocycles. The second kappa shape index (κ2) is 5.49. The first kappa shape index (κ1) is 14.1. The molecule has 1 aromatic carbocycles. The van der Waals surface area contributed by atoms with E-state index in [2.05, 4.69) is 17.4 Å². The highest BCUT2D eigenvalue weighted by atomic mass is 32.2. The lowest BCUT2D eigenvalue weighted by molar-refractivity contribution is 0.343. The molecule has 4 heteroatoms. The topological polar surface area (TPSA) is 46.2 Å². The third kappa shape index (κ3) is 2.77. The summed E-state index contributed by atoms with van der Waals surface area (Å²) in [4.78, 5) is 0. The van der Waals surface area contributed by atoms with Crippen LogP contribution in [0.15, 0.2) is 30.3 Å². The number of benzene rings is 1. The van der Waals surface area contributed by atoms with E-state index >= 15 is 0 Å². The lowest BCUT2D eigenvalue weighted by Crippen LogP contribution is -2.46. The number of rotatable bonds is 1. The van der Waals surface area contributed by atoms with Gasteiger partial charge in [0.2, 0.25) is 0 Å². The maximum absolute atomic E-state index is 12.6. The second-order valence-electron chi connectivity index (χ2n) is 6.41. The van der Waals surface area contributed by atoms with Gasteiger partial charge in [0.05, 0.1) is 11.0 Å². The van der Waals surface area contributed by atoms with Crippen LogP contribution in [0.25, 0.3) is 0 Å². The third-order valence-corrected chi connectivity index (χ3v) is 7.25. The molecule has 2 fully saturated rings. The number of nitrogens with one attached hydrogen (secondary N) is 1. The zero-order chi connectivity index (χ0) is 14.2. The van der Waals surface area contributed by atoms with Crippen molar-refractivity contribution < 1.29 is 8.42 Å². The predicted octanol–water partition coefficient (Wildman–Crippen LogP) is 2.35. The Balaban J connectivity index is 1.84. The van der Waals surface area contributed by atoms with Gasteiger partial charge in [0.25, 0.3) is 0 Å². The van der Waals surface area contributed by atoms with Gasteiger partial charge < -0.3 is 5.32 Å². The maximum atomic E-state index is 12.6. The molecule has 1 aliphatic heterocycles. The smallest absolute Gasteiger partial charge is 0.155 e. The van der Waals surface area contributed by atoms with Gasteiger partial charge in [0, 0.05) is 6.04 Å². The van der Waals surface area contributed by atoms with Crippen LogP contribution in [0.2, 0.25) is 0 Å². The van der Waals surface area contributed by atoms with Crippen molar-refractivity contribution in [3.8, 4) is 0 Å². The quantitative estimate of drug-likeness (QED) is 0.864. The summed E-state index contributed by atoms with van der Waals surface area (Å²) >= 11 is 0. The number of hydrogen-bond donors (Lipinski definition) is 1. The summed E-state index contributed by atoms with van der Waals surface area (Å²) in [5, 5.41) is 3.28. The Kier molecular flexibility index (Phi) is 3.87. The summed E-state index contributed by atoms with van der Waals surface area (Å²) in [6, 6.07) is 10.5. The van der Waals surface area contributed by atoms with Gasteiger partial charge in [-0.2, -0.15) is 0 Å². The summed E-state index contributed by atoms with van der Waals surface area (Å²) < 4.78 is 25.2. The van der Waals surface area contributed by atoms with E-state index in [4.69, 9.17) is 0 Å². The Labute approximate surface area is 121 Å². The average Bonchev–Trinajstić information content (AvgIpc) is 2.56. The van der Waals surface area contributed by atoms with E-state index in [9.17, 15) is 8.42 Å². The van der Waals surface area contributed by atoms with Crippen LogP contribution in [0.5, 0.6) is 0 Å². The van der Waals surface area contributed by atoms with Crippen LogP contribution in [-0.4, -0.2) is 32.0 Å². The van der Waals surface area contributed by atoms with Gasteiger partial charge in [-0.15, -0.1) is 0 Å². The highest BCUT2D eigenvalue weighted by Gasteiger charge is 2.41. The lowest BCUT2D eigenvalue weighted by atomic mass is 9.81. The number of sulfone groups is 1. The molecule has 0 bridgehead atoms. The summed E-state index contributed by atoms with van der Waals surface area (Å²) in [5.41, 5.74) is 1.29. The van der Waals surface area contributed by atoms with Crippen molar-refractivity contribution >= 4 is 9.84 Å². The Morgan fingerprint density at radius 2 is 1.90 bits per heavy atom. The molecular formula is C16H23NO2S. The largest absolute Gasteiger partial charge is 0.312 e. The average molecular weight is 293 g/mol. The maximum Gasteiger partial charge on any atom is 0.155 e. The van der Waals surface area contributed by atoms with E-state index < -0.39 is 9.84 Å². The standard InChI is InChI=1S/C16H23NO2S/c1-12-10-17-15-8-7-14(13-5-3-2-4-6-13)9-16(15)20(18,19)11-12/h2-6,12,14-17H,7-11H2,1H3. The fourth-order valence-electron chi connectivity index (χ4n) is 3.72. The van der Waals surface area contributed by atoms with Crippen LogP contribution < -0.4 is 5.32 Å². The van der Waals surface area contributed by atoms with Gasteiger partial charge in [-0.3, -0.25) is 0 Å². The fraction of sp³-hybridized carbons (Fsp3) is 0.625. The Bertz CT molecular complexity index is 555. The van der Waals surface area contributed by atoms with E-state index in [1.807, 2.05) is 25.1 Å². The molecule has 0 radical (unpaired) electrons. The Hall–Kier alpha value is -0.870. The molecule has 1 saturated carbocycles. The predicted molar refractivity (Wildman–Crippen MR) is 81.6 cm³/mol. The molecule has 4 unspecified atom stereocenters. The highest BCUT2D eigenvalue weighted by molar-refractivity contribution is 7.92. The van der Waals surface area contributed by atoms with Crippen LogP contribution in [-0.2, 0) is 9.84 Å². The van der Waals surface area contributed by atoms with Gasteiger partial charge >= 0.3 is 0 Å². The van der Waals surface area contributed by atoms with Crippen LogP contribution in [0.4, 0.5) is 0 Å². The van der Waals surface area contributed by atoms with E-state index in [1.165, 1.54) is 5.56 Å². The van der Waals surface area contributed by atoms with Crippen molar-refractivity contribution in [3.05, 3.63) is 35.9 Å². The zero-order valence-electron chi connectivity index (χ0n) is 12.0. The van der Waals surface area contributed by atoms with Crippen LogP contribution in [0.3, 0.4) is 0 Å². The van der Waals surface area contributed by atoms with Crippen molar-refractivity contribution in [3.63, 3.8) is 0 Å².